The molecular formula is C23H37N5. The Morgan fingerprint density at radius 2 is 1.50 bits per heavy atom. The lowest BCUT2D eigenvalue weighted by atomic mass is 10.1. The van der Waals surface area contributed by atoms with Crippen LogP contribution in [0.3, 0.4) is 0 Å². The average Bonchev–Trinajstić information content (AvgIpc) is 2.70. The molecule has 0 amide bonds. The average molecular weight is 384 g/mol. The fourth-order valence-electron chi connectivity index (χ4n) is 3.63. The highest BCUT2D eigenvalue weighted by Gasteiger charge is 2.12. The summed E-state index contributed by atoms with van der Waals surface area (Å²) in [4.78, 5) is 13.7. The van der Waals surface area contributed by atoms with Gasteiger partial charge in [0.1, 0.15) is 0 Å². The van der Waals surface area contributed by atoms with Crippen molar-refractivity contribution in [3.63, 3.8) is 0 Å². The highest BCUT2D eigenvalue weighted by molar-refractivity contribution is 5.32. The molecule has 0 atom stereocenters. The van der Waals surface area contributed by atoms with Gasteiger partial charge in [-0.15, -0.1) is 0 Å². The van der Waals surface area contributed by atoms with E-state index in [0.717, 1.165) is 50.7 Å². The molecule has 1 aromatic heterocycles. The van der Waals surface area contributed by atoms with Crippen molar-refractivity contribution in [3.8, 4) is 0 Å². The van der Waals surface area contributed by atoms with Crippen molar-refractivity contribution in [1.82, 2.24) is 20.2 Å². The third kappa shape index (κ3) is 7.21. The zero-order chi connectivity index (χ0) is 20.4. The predicted molar refractivity (Wildman–Crippen MR) is 119 cm³/mol. The number of benzene rings is 1. The predicted octanol–water partition coefficient (Wildman–Crippen LogP) is 3.60. The molecule has 5 nitrogen and oxygen atoms in total. The summed E-state index contributed by atoms with van der Waals surface area (Å²) < 4.78 is 0. The minimum atomic E-state index is 0.690. The number of aromatic nitrogens is 2. The molecule has 1 aromatic carbocycles. The van der Waals surface area contributed by atoms with Gasteiger partial charge in [0, 0.05) is 57.1 Å². The lowest BCUT2D eigenvalue weighted by Gasteiger charge is -2.28. The topological polar surface area (TPSA) is 44.3 Å². The minimum Gasteiger partial charge on any atom is -0.338 e. The van der Waals surface area contributed by atoms with Gasteiger partial charge in [-0.25, -0.2) is 9.97 Å². The molecule has 0 unspecified atom stereocenters. The van der Waals surface area contributed by atoms with E-state index in [0.29, 0.717) is 12.1 Å². The second kappa shape index (κ2) is 11.8. The van der Waals surface area contributed by atoms with Crippen LogP contribution >= 0.6 is 0 Å². The van der Waals surface area contributed by atoms with Crippen LogP contribution in [0, 0.1) is 0 Å². The Kier molecular flexibility index (Phi) is 9.38. The van der Waals surface area contributed by atoms with Crippen LogP contribution in [0.15, 0.2) is 42.7 Å². The van der Waals surface area contributed by atoms with Crippen molar-refractivity contribution in [3.05, 3.63) is 53.9 Å². The van der Waals surface area contributed by atoms with Crippen molar-refractivity contribution >= 4 is 5.95 Å². The van der Waals surface area contributed by atoms with Gasteiger partial charge in [0.05, 0.1) is 0 Å². The molecule has 154 valence electrons. The Balaban J connectivity index is 0.000000266. The fraction of sp³-hybridized carbons (Fsp3) is 0.565. The van der Waals surface area contributed by atoms with E-state index in [2.05, 4.69) is 84.0 Å². The summed E-state index contributed by atoms with van der Waals surface area (Å²) in [6.07, 6.45) is 4.78. The lowest BCUT2D eigenvalue weighted by Crippen LogP contribution is -2.44. The van der Waals surface area contributed by atoms with Gasteiger partial charge in [0.15, 0.2) is 0 Å². The molecule has 1 aliphatic rings. The summed E-state index contributed by atoms with van der Waals surface area (Å²) >= 11 is 0. The first-order chi connectivity index (χ1) is 13.5. The van der Waals surface area contributed by atoms with Gasteiger partial charge in [-0.1, -0.05) is 37.3 Å². The second-order valence-electron chi connectivity index (χ2n) is 7.81. The first-order valence-corrected chi connectivity index (χ1v) is 10.6. The highest BCUT2D eigenvalue weighted by atomic mass is 15.3. The van der Waals surface area contributed by atoms with E-state index in [4.69, 9.17) is 0 Å². The molecule has 1 aliphatic heterocycles. The minimum absolute atomic E-state index is 0.690. The Labute approximate surface area is 171 Å². The normalized spacial score (nSPS) is 14.4. The molecule has 0 saturated carbocycles. The van der Waals surface area contributed by atoms with Gasteiger partial charge in [-0.3, -0.25) is 4.90 Å². The zero-order valence-corrected chi connectivity index (χ0v) is 18.2. The highest BCUT2D eigenvalue weighted by Crippen LogP contribution is 2.11. The third-order valence-electron chi connectivity index (χ3n) is 5.03. The van der Waals surface area contributed by atoms with Crippen LogP contribution in [0.4, 0.5) is 5.95 Å². The van der Waals surface area contributed by atoms with Crippen LogP contribution in [0.1, 0.15) is 45.7 Å². The van der Waals surface area contributed by atoms with E-state index in [9.17, 15) is 0 Å². The van der Waals surface area contributed by atoms with Crippen molar-refractivity contribution < 1.29 is 0 Å². The first-order valence-electron chi connectivity index (χ1n) is 10.6. The molecule has 28 heavy (non-hydrogen) atoms. The molecule has 1 saturated heterocycles. The van der Waals surface area contributed by atoms with Crippen LogP contribution in [0.25, 0.3) is 0 Å². The molecule has 0 spiro atoms. The zero-order valence-electron chi connectivity index (χ0n) is 18.2. The SMILES string of the molecule is CCN(C(C)C)C(C)C.c1ccc(Cc2cnc(N3CCNCC3)nc2)cc1. The van der Waals surface area contributed by atoms with Gasteiger partial charge < -0.3 is 10.2 Å². The lowest BCUT2D eigenvalue weighted by molar-refractivity contribution is 0.185. The maximum Gasteiger partial charge on any atom is 0.225 e. The standard InChI is InChI=1S/C15H18N4.C8H19N/c1-2-4-13(5-3-1)10-14-11-17-15(18-12-14)19-8-6-16-7-9-19;1-6-9(7(2)3)8(4)5/h1-5,11-12,16H,6-10H2;7-8H,6H2,1-5H3. The van der Waals surface area contributed by atoms with Gasteiger partial charge >= 0.3 is 0 Å². The Bertz CT molecular complexity index is 640. The second-order valence-corrected chi connectivity index (χ2v) is 7.81. The number of hydrogen-bond donors (Lipinski definition) is 1. The summed E-state index contributed by atoms with van der Waals surface area (Å²) in [7, 11) is 0. The van der Waals surface area contributed by atoms with Crippen LogP contribution < -0.4 is 10.2 Å². The van der Waals surface area contributed by atoms with Crippen LogP contribution in [-0.2, 0) is 6.42 Å². The third-order valence-corrected chi connectivity index (χ3v) is 5.03. The summed E-state index contributed by atoms with van der Waals surface area (Å²) in [5.74, 6) is 0.846. The number of nitrogens with one attached hydrogen (secondary N) is 1. The van der Waals surface area contributed by atoms with Crippen molar-refractivity contribution in [1.29, 1.82) is 0 Å². The molecule has 2 heterocycles. The molecule has 1 N–H and O–H groups in total. The van der Waals surface area contributed by atoms with Gasteiger partial charge in [0.25, 0.3) is 0 Å². The Hall–Kier alpha value is -1.98. The van der Waals surface area contributed by atoms with Crippen LogP contribution in [0.2, 0.25) is 0 Å². The van der Waals surface area contributed by atoms with E-state index < -0.39 is 0 Å². The summed E-state index contributed by atoms with van der Waals surface area (Å²) in [5, 5.41) is 3.33. The number of piperazine rings is 1. The van der Waals surface area contributed by atoms with E-state index in [1.165, 1.54) is 5.56 Å². The maximum atomic E-state index is 4.49. The number of rotatable bonds is 6. The summed E-state index contributed by atoms with van der Waals surface area (Å²) in [6.45, 7) is 16.3. The molecule has 3 rings (SSSR count). The van der Waals surface area contributed by atoms with E-state index in [1.807, 2.05) is 18.5 Å². The van der Waals surface area contributed by atoms with Gasteiger partial charge in [-0.05, 0) is 45.4 Å². The number of anilines is 1. The summed E-state index contributed by atoms with van der Waals surface area (Å²) in [5.41, 5.74) is 2.45. The molecule has 5 heteroatoms. The van der Waals surface area contributed by atoms with Gasteiger partial charge in [0.2, 0.25) is 5.95 Å². The van der Waals surface area contributed by atoms with E-state index in [-0.39, 0.29) is 0 Å². The maximum absolute atomic E-state index is 4.49. The van der Waals surface area contributed by atoms with Gasteiger partial charge in [-0.2, -0.15) is 0 Å². The number of nitrogens with zero attached hydrogens (tertiary/aromatic N) is 4. The quantitative estimate of drug-likeness (QED) is 0.826. The number of hydrogen-bond acceptors (Lipinski definition) is 5. The summed E-state index contributed by atoms with van der Waals surface area (Å²) in [6, 6.07) is 11.8. The smallest absolute Gasteiger partial charge is 0.225 e. The van der Waals surface area contributed by atoms with E-state index >= 15 is 0 Å². The first kappa shape index (κ1) is 22.3. The molecule has 0 radical (unpaired) electrons. The largest absolute Gasteiger partial charge is 0.338 e. The van der Waals surface area contributed by atoms with Crippen molar-refractivity contribution in [2.45, 2.75) is 53.1 Å². The van der Waals surface area contributed by atoms with Crippen LogP contribution in [-0.4, -0.2) is 59.7 Å². The van der Waals surface area contributed by atoms with E-state index in [1.54, 1.807) is 0 Å². The fourth-order valence-corrected chi connectivity index (χ4v) is 3.63. The van der Waals surface area contributed by atoms with Crippen molar-refractivity contribution in [2.24, 2.45) is 0 Å². The Morgan fingerprint density at radius 1 is 0.929 bits per heavy atom. The molecule has 2 aromatic rings. The monoisotopic (exact) mass is 383 g/mol. The molecule has 1 fully saturated rings. The molecule has 0 bridgehead atoms. The van der Waals surface area contributed by atoms with Crippen molar-refractivity contribution in [2.75, 3.05) is 37.6 Å². The van der Waals surface area contributed by atoms with Crippen LogP contribution in [0.5, 0.6) is 0 Å². The Morgan fingerprint density at radius 3 is 1.96 bits per heavy atom. The molecule has 0 aliphatic carbocycles. The molecular weight excluding hydrogens is 346 g/mol.